The van der Waals surface area contributed by atoms with Crippen molar-refractivity contribution in [3.63, 3.8) is 0 Å². The number of aromatic nitrogens is 2. The SMILES string of the molecule is COc1ccc(-c2nc(C(C)C)nc3c2CCN([S+](=O)([O-])c2cccs2)CC3)cc1. The normalized spacial score (nSPS) is 16.7. The number of fused-ring (bicyclic) bond motifs is 1. The first kappa shape index (κ1) is 21.1. The van der Waals surface area contributed by atoms with Crippen LogP contribution in [0.4, 0.5) is 0 Å². The molecule has 0 N–H and O–H groups in total. The van der Waals surface area contributed by atoms with Gasteiger partial charge in [0.05, 0.1) is 19.3 Å². The number of sulfonamides is 1. The molecule has 1 aromatic carbocycles. The number of nitrogens with zero attached hydrogens (tertiary/aromatic N) is 3. The fraction of sp³-hybridized carbons (Fsp3) is 0.364. The first-order chi connectivity index (χ1) is 14.4. The summed E-state index contributed by atoms with van der Waals surface area (Å²) in [6.45, 7) is 4.98. The Hall–Kier alpha value is -2.13. The van der Waals surface area contributed by atoms with Gasteiger partial charge in [-0.3, -0.25) is 0 Å². The molecule has 0 saturated carbocycles. The molecule has 6 nitrogen and oxygen atoms in total. The molecule has 0 bridgehead atoms. The number of hydrogen-bond acceptors (Lipinski definition) is 6. The molecule has 0 fully saturated rings. The van der Waals surface area contributed by atoms with Gasteiger partial charge < -0.3 is 9.29 Å². The highest BCUT2D eigenvalue weighted by Gasteiger charge is 2.34. The van der Waals surface area contributed by atoms with Crippen LogP contribution in [0.3, 0.4) is 0 Å². The lowest BCUT2D eigenvalue weighted by Gasteiger charge is -2.24. The number of ether oxygens (including phenoxy) is 1. The Morgan fingerprint density at radius 2 is 1.87 bits per heavy atom. The standard InChI is InChI=1S/C22H25N3O3S2/c1-15(2)22-23-19-11-13-25(30(26,27)20-5-4-14-29-20)12-10-18(19)21(24-22)16-6-8-17(28-3)9-7-16/h4-9,14-15H,10-13H2,1-3H3. The summed E-state index contributed by atoms with van der Waals surface area (Å²) in [5.41, 5.74) is 3.87. The Bertz CT molecular complexity index is 1070. The van der Waals surface area contributed by atoms with Crippen LogP contribution in [-0.2, 0) is 27.5 Å². The molecular weight excluding hydrogens is 418 g/mol. The van der Waals surface area contributed by atoms with E-state index in [4.69, 9.17) is 14.7 Å². The summed E-state index contributed by atoms with van der Waals surface area (Å²) in [7, 11) is -1.84. The molecule has 158 valence electrons. The van der Waals surface area contributed by atoms with Crippen LogP contribution in [0.25, 0.3) is 11.3 Å². The topological polar surface area (TPSA) is 78.4 Å². The third kappa shape index (κ3) is 4.05. The molecule has 2 aromatic heterocycles. The van der Waals surface area contributed by atoms with Gasteiger partial charge in [0.2, 0.25) is 4.21 Å². The van der Waals surface area contributed by atoms with Crippen LogP contribution in [0.2, 0.25) is 0 Å². The fourth-order valence-electron chi connectivity index (χ4n) is 3.62. The summed E-state index contributed by atoms with van der Waals surface area (Å²) in [5.74, 6) is 1.76. The number of thiophene rings is 1. The van der Waals surface area contributed by atoms with Crippen molar-refractivity contribution in [2.24, 2.45) is 0 Å². The van der Waals surface area contributed by atoms with Crippen molar-refractivity contribution in [3.05, 3.63) is 58.9 Å². The quantitative estimate of drug-likeness (QED) is 0.548. The van der Waals surface area contributed by atoms with Gasteiger partial charge >= 0.3 is 0 Å². The summed E-state index contributed by atoms with van der Waals surface area (Å²) >= 11 is 1.25. The van der Waals surface area contributed by atoms with Crippen molar-refractivity contribution in [1.29, 1.82) is 0 Å². The molecule has 1 aliphatic heterocycles. The zero-order valence-electron chi connectivity index (χ0n) is 17.3. The van der Waals surface area contributed by atoms with E-state index in [-0.39, 0.29) is 5.92 Å². The highest BCUT2D eigenvalue weighted by Crippen LogP contribution is 2.32. The van der Waals surface area contributed by atoms with Crippen molar-refractivity contribution < 1.29 is 13.5 Å². The van der Waals surface area contributed by atoms with E-state index < -0.39 is 10.4 Å². The van der Waals surface area contributed by atoms with Gasteiger partial charge in [-0.25, -0.2) is 9.97 Å². The largest absolute Gasteiger partial charge is 0.592 e. The van der Waals surface area contributed by atoms with E-state index in [0.717, 1.165) is 34.1 Å². The first-order valence-corrected chi connectivity index (χ1v) is 12.3. The van der Waals surface area contributed by atoms with Crippen LogP contribution in [0.1, 0.15) is 36.8 Å². The maximum atomic E-state index is 13.0. The second kappa shape index (κ2) is 8.55. The van der Waals surface area contributed by atoms with Gasteiger partial charge in [0.15, 0.2) is 10.4 Å². The summed E-state index contributed by atoms with van der Waals surface area (Å²) in [5, 5.41) is 1.79. The van der Waals surface area contributed by atoms with Crippen molar-refractivity contribution in [3.8, 4) is 17.0 Å². The minimum atomic E-state index is -3.49. The molecule has 4 rings (SSSR count). The van der Waals surface area contributed by atoms with Gasteiger partial charge in [0.25, 0.3) is 0 Å². The van der Waals surface area contributed by atoms with Crippen LogP contribution >= 0.6 is 11.3 Å². The lowest BCUT2D eigenvalue weighted by atomic mass is 10.00. The summed E-state index contributed by atoms with van der Waals surface area (Å²) < 4.78 is 33.3. The zero-order chi connectivity index (χ0) is 21.3. The molecule has 0 spiro atoms. The van der Waals surface area contributed by atoms with Crippen LogP contribution in [0.5, 0.6) is 5.75 Å². The Kier molecular flexibility index (Phi) is 6.02. The molecule has 0 aliphatic carbocycles. The molecule has 1 unspecified atom stereocenters. The molecule has 0 amide bonds. The lowest BCUT2D eigenvalue weighted by molar-refractivity contribution is 0.364. The van der Waals surface area contributed by atoms with Gasteiger partial charge in [0.1, 0.15) is 11.6 Å². The summed E-state index contributed by atoms with van der Waals surface area (Å²) in [6.07, 6.45) is 1.16. The second-order valence-electron chi connectivity index (χ2n) is 7.58. The van der Waals surface area contributed by atoms with Gasteiger partial charge in [-0.15, -0.1) is 4.31 Å². The van der Waals surface area contributed by atoms with Gasteiger partial charge in [-0.2, -0.15) is 0 Å². The van der Waals surface area contributed by atoms with E-state index in [0.29, 0.717) is 30.1 Å². The van der Waals surface area contributed by atoms with Crippen molar-refractivity contribution in [1.82, 2.24) is 14.3 Å². The number of benzene rings is 1. The van der Waals surface area contributed by atoms with E-state index in [2.05, 4.69) is 13.8 Å². The third-order valence-corrected chi connectivity index (χ3v) is 8.56. The van der Waals surface area contributed by atoms with Crippen LogP contribution in [0.15, 0.2) is 46.0 Å². The molecule has 0 radical (unpaired) electrons. The van der Waals surface area contributed by atoms with Crippen molar-refractivity contribution in [2.45, 2.75) is 36.8 Å². The smallest absolute Gasteiger partial charge is 0.229 e. The molecule has 8 heteroatoms. The monoisotopic (exact) mass is 443 g/mol. The average Bonchev–Trinajstić information content (AvgIpc) is 3.21. The van der Waals surface area contributed by atoms with Crippen LogP contribution < -0.4 is 4.74 Å². The molecule has 30 heavy (non-hydrogen) atoms. The van der Waals surface area contributed by atoms with Crippen molar-refractivity contribution >= 4 is 21.7 Å². The number of rotatable bonds is 5. The van der Waals surface area contributed by atoms with E-state index >= 15 is 0 Å². The predicted molar refractivity (Wildman–Crippen MR) is 119 cm³/mol. The predicted octanol–water partition coefficient (Wildman–Crippen LogP) is 4.34. The average molecular weight is 444 g/mol. The zero-order valence-corrected chi connectivity index (χ0v) is 19.0. The van der Waals surface area contributed by atoms with Crippen LogP contribution in [0, 0.1) is 0 Å². The highest BCUT2D eigenvalue weighted by molar-refractivity contribution is 7.97. The fourth-order valence-corrected chi connectivity index (χ4v) is 6.21. The summed E-state index contributed by atoms with van der Waals surface area (Å²) in [4.78, 5) is 9.69. The number of methoxy groups -OCH3 is 1. The maximum absolute atomic E-state index is 13.0. The van der Waals surface area contributed by atoms with Gasteiger partial charge in [-0.1, -0.05) is 29.4 Å². The van der Waals surface area contributed by atoms with E-state index in [1.807, 2.05) is 24.3 Å². The van der Waals surface area contributed by atoms with Gasteiger partial charge in [-0.05, 0) is 42.1 Å². The van der Waals surface area contributed by atoms with Crippen molar-refractivity contribution in [2.75, 3.05) is 20.2 Å². The molecular formula is C22H25N3O3S2. The van der Waals surface area contributed by atoms with E-state index in [9.17, 15) is 8.76 Å². The molecule has 3 heterocycles. The third-order valence-electron chi connectivity index (χ3n) is 5.29. The number of hydrogen-bond donors (Lipinski definition) is 0. The molecule has 1 atom stereocenters. The Labute approximate surface area is 182 Å². The van der Waals surface area contributed by atoms with Crippen LogP contribution in [-0.4, -0.2) is 39.0 Å². The first-order valence-electron chi connectivity index (χ1n) is 9.98. The van der Waals surface area contributed by atoms with Gasteiger partial charge in [0, 0.05) is 41.8 Å². The second-order valence-corrected chi connectivity index (χ2v) is 10.7. The highest BCUT2D eigenvalue weighted by atomic mass is 32.3. The van der Waals surface area contributed by atoms with E-state index in [1.54, 1.807) is 28.9 Å². The molecule has 3 aromatic rings. The molecule has 1 aliphatic rings. The lowest BCUT2D eigenvalue weighted by Crippen LogP contribution is -2.37. The minimum Gasteiger partial charge on any atom is -0.592 e. The van der Waals surface area contributed by atoms with E-state index in [1.165, 1.54) is 11.3 Å². The molecule has 0 saturated heterocycles. The Balaban J connectivity index is 1.72. The minimum absolute atomic E-state index is 0.182. The maximum Gasteiger partial charge on any atom is 0.229 e. The summed E-state index contributed by atoms with van der Waals surface area (Å²) in [6, 6.07) is 11.3. The Morgan fingerprint density at radius 3 is 2.50 bits per heavy atom. The Morgan fingerprint density at radius 1 is 1.13 bits per heavy atom.